The van der Waals surface area contributed by atoms with Crippen molar-refractivity contribution >= 4 is 21.6 Å². The number of sulfonamides is 1. The Morgan fingerprint density at radius 3 is 2.60 bits per heavy atom. The molecule has 1 amide bonds. The lowest BCUT2D eigenvalue weighted by atomic mass is 9.93. The van der Waals surface area contributed by atoms with E-state index >= 15 is 0 Å². The number of nitrogens with one attached hydrogen (secondary N) is 1. The molecule has 0 spiro atoms. The molecule has 1 aliphatic carbocycles. The summed E-state index contributed by atoms with van der Waals surface area (Å²) in [5.74, 6) is -0.0820. The van der Waals surface area contributed by atoms with Gasteiger partial charge in [0.15, 0.2) is 0 Å². The van der Waals surface area contributed by atoms with Crippen molar-refractivity contribution in [2.45, 2.75) is 24.2 Å². The van der Waals surface area contributed by atoms with Crippen LogP contribution in [-0.2, 0) is 14.8 Å². The molecular formula is C18H25N3O3S. The van der Waals surface area contributed by atoms with Crippen LogP contribution < -0.4 is 5.32 Å². The predicted molar refractivity (Wildman–Crippen MR) is 97.8 cm³/mol. The maximum absolute atomic E-state index is 12.8. The molecule has 1 fully saturated rings. The van der Waals surface area contributed by atoms with E-state index in [1.54, 1.807) is 24.3 Å². The average molecular weight is 363 g/mol. The van der Waals surface area contributed by atoms with Crippen molar-refractivity contribution in [3.8, 4) is 0 Å². The summed E-state index contributed by atoms with van der Waals surface area (Å²) in [5.41, 5.74) is 0.537. The second-order valence-corrected chi connectivity index (χ2v) is 8.64. The van der Waals surface area contributed by atoms with Gasteiger partial charge in [-0.2, -0.15) is 4.31 Å². The zero-order valence-electron chi connectivity index (χ0n) is 14.5. The normalized spacial score (nSPS) is 22.7. The highest BCUT2D eigenvalue weighted by Gasteiger charge is 2.28. The van der Waals surface area contributed by atoms with Crippen LogP contribution in [0.2, 0.25) is 0 Å². The number of piperazine rings is 1. The Morgan fingerprint density at radius 1 is 1.16 bits per heavy atom. The van der Waals surface area contributed by atoms with E-state index in [1.807, 2.05) is 13.1 Å². The quantitative estimate of drug-likeness (QED) is 0.830. The number of benzene rings is 1. The van der Waals surface area contributed by atoms with Gasteiger partial charge in [0.1, 0.15) is 0 Å². The molecule has 1 heterocycles. The van der Waals surface area contributed by atoms with Gasteiger partial charge in [0.2, 0.25) is 15.9 Å². The van der Waals surface area contributed by atoms with Crippen LogP contribution >= 0.6 is 0 Å². The molecule has 1 aromatic rings. The molecule has 1 aliphatic heterocycles. The summed E-state index contributed by atoms with van der Waals surface area (Å²) in [6, 6.07) is 6.57. The fourth-order valence-electron chi connectivity index (χ4n) is 3.19. The molecule has 7 heteroatoms. The summed E-state index contributed by atoms with van der Waals surface area (Å²) in [7, 11) is -1.54. The Labute approximate surface area is 149 Å². The summed E-state index contributed by atoms with van der Waals surface area (Å²) in [6.45, 7) is 2.43. The molecule has 1 unspecified atom stereocenters. The third-order valence-corrected chi connectivity index (χ3v) is 6.74. The standard InChI is InChI=1S/C18H25N3O3S/c1-20-10-12-21(13-11-20)25(23,24)17-9-5-8-16(14-17)19-18(22)15-6-3-2-4-7-15/h2-3,5,8-9,14-15H,4,6-7,10-13H2,1H3,(H,19,22). The van der Waals surface area contributed by atoms with Gasteiger partial charge in [-0.05, 0) is 44.5 Å². The van der Waals surface area contributed by atoms with Gasteiger partial charge in [-0.1, -0.05) is 18.2 Å². The van der Waals surface area contributed by atoms with Crippen LogP contribution in [0.3, 0.4) is 0 Å². The van der Waals surface area contributed by atoms with Crippen LogP contribution in [0, 0.1) is 5.92 Å². The summed E-state index contributed by atoms with van der Waals surface area (Å²) >= 11 is 0. The van der Waals surface area contributed by atoms with E-state index in [-0.39, 0.29) is 16.7 Å². The molecule has 1 aromatic carbocycles. The fraction of sp³-hybridized carbons (Fsp3) is 0.500. The van der Waals surface area contributed by atoms with Crippen molar-refractivity contribution in [3.63, 3.8) is 0 Å². The van der Waals surface area contributed by atoms with Gasteiger partial charge >= 0.3 is 0 Å². The van der Waals surface area contributed by atoms with Crippen LogP contribution in [-0.4, -0.2) is 56.8 Å². The van der Waals surface area contributed by atoms with Crippen molar-refractivity contribution in [1.82, 2.24) is 9.21 Å². The predicted octanol–water partition coefficient (Wildman–Crippen LogP) is 1.92. The molecule has 0 bridgehead atoms. The molecule has 0 aromatic heterocycles. The van der Waals surface area contributed by atoms with Crippen LogP contribution in [0.15, 0.2) is 41.3 Å². The number of rotatable bonds is 4. The molecule has 25 heavy (non-hydrogen) atoms. The van der Waals surface area contributed by atoms with E-state index in [0.29, 0.717) is 18.8 Å². The Morgan fingerprint density at radius 2 is 1.92 bits per heavy atom. The molecule has 1 N–H and O–H groups in total. The first-order valence-electron chi connectivity index (χ1n) is 8.71. The van der Waals surface area contributed by atoms with Crippen LogP contribution in [0.1, 0.15) is 19.3 Å². The first kappa shape index (κ1) is 18.1. The van der Waals surface area contributed by atoms with E-state index in [9.17, 15) is 13.2 Å². The summed E-state index contributed by atoms with van der Waals surface area (Å²) in [4.78, 5) is 14.7. The van der Waals surface area contributed by atoms with E-state index < -0.39 is 10.0 Å². The third-order valence-electron chi connectivity index (χ3n) is 4.84. The van der Waals surface area contributed by atoms with E-state index in [1.165, 1.54) is 4.31 Å². The number of nitrogens with zero attached hydrogens (tertiary/aromatic N) is 2. The molecule has 0 saturated carbocycles. The highest BCUT2D eigenvalue weighted by atomic mass is 32.2. The Hall–Kier alpha value is -1.70. The lowest BCUT2D eigenvalue weighted by Crippen LogP contribution is -2.47. The number of allylic oxidation sites excluding steroid dienone is 2. The molecule has 1 saturated heterocycles. The minimum atomic E-state index is -3.52. The highest BCUT2D eigenvalue weighted by molar-refractivity contribution is 7.89. The maximum Gasteiger partial charge on any atom is 0.243 e. The highest BCUT2D eigenvalue weighted by Crippen LogP contribution is 2.23. The van der Waals surface area contributed by atoms with Gasteiger partial charge in [0.25, 0.3) is 0 Å². The van der Waals surface area contributed by atoms with Gasteiger partial charge in [0, 0.05) is 37.8 Å². The number of anilines is 1. The van der Waals surface area contributed by atoms with Gasteiger partial charge < -0.3 is 10.2 Å². The first-order chi connectivity index (χ1) is 12.0. The number of hydrogen-bond donors (Lipinski definition) is 1. The number of hydrogen-bond acceptors (Lipinski definition) is 4. The molecule has 136 valence electrons. The second kappa shape index (κ2) is 7.68. The number of likely N-dealkylation sites (N-methyl/N-ethyl adjacent to an activating group) is 1. The molecule has 3 rings (SSSR count). The van der Waals surface area contributed by atoms with Crippen molar-refractivity contribution < 1.29 is 13.2 Å². The van der Waals surface area contributed by atoms with Gasteiger partial charge in [-0.15, -0.1) is 0 Å². The van der Waals surface area contributed by atoms with Crippen molar-refractivity contribution in [1.29, 1.82) is 0 Å². The Kier molecular flexibility index (Phi) is 5.56. The lowest BCUT2D eigenvalue weighted by molar-refractivity contribution is -0.120. The minimum absolute atomic E-state index is 0.0390. The Bertz CT molecular complexity index is 753. The van der Waals surface area contributed by atoms with Crippen molar-refractivity contribution in [2.24, 2.45) is 5.92 Å². The van der Waals surface area contributed by atoms with Crippen LogP contribution in [0.4, 0.5) is 5.69 Å². The minimum Gasteiger partial charge on any atom is -0.326 e. The van der Waals surface area contributed by atoms with Gasteiger partial charge in [0.05, 0.1) is 4.90 Å². The largest absolute Gasteiger partial charge is 0.326 e. The van der Waals surface area contributed by atoms with Gasteiger partial charge in [-0.3, -0.25) is 4.79 Å². The fourth-order valence-corrected chi connectivity index (χ4v) is 4.66. The molecule has 0 radical (unpaired) electrons. The lowest BCUT2D eigenvalue weighted by Gasteiger charge is -2.31. The zero-order valence-corrected chi connectivity index (χ0v) is 15.3. The van der Waals surface area contributed by atoms with E-state index in [0.717, 1.165) is 32.4 Å². The third kappa shape index (κ3) is 4.29. The zero-order chi connectivity index (χ0) is 17.9. The maximum atomic E-state index is 12.8. The van der Waals surface area contributed by atoms with Crippen molar-refractivity contribution in [3.05, 3.63) is 36.4 Å². The summed E-state index contributed by atoms with van der Waals surface area (Å²) in [5, 5.41) is 2.87. The monoisotopic (exact) mass is 363 g/mol. The molecule has 2 aliphatic rings. The molecule has 6 nitrogen and oxygen atoms in total. The molecule has 1 atom stereocenters. The van der Waals surface area contributed by atoms with Crippen LogP contribution in [0.25, 0.3) is 0 Å². The number of carbonyl (C=O) groups excluding carboxylic acids is 1. The number of amides is 1. The van der Waals surface area contributed by atoms with Gasteiger partial charge in [-0.25, -0.2) is 8.42 Å². The number of carbonyl (C=O) groups is 1. The Balaban J connectivity index is 1.72. The van der Waals surface area contributed by atoms with E-state index in [4.69, 9.17) is 0 Å². The van der Waals surface area contributed by atoms with Crippen LogP contribution in [0.5, 0.6) is 0 Å². The molecular weight excluding hydrogens is 338 g/mol. The second-order valence-electron chi connectivity index (χ2n) is 6.71. The summed E-state index contributed by atoms with van der Waals surface area (Å²) < 4.78 is 27.2. The van der Waals surface area contributed by atoms with Crippen molar-refractivity contribution in [2.75, 3.05) is 38.5 Å². The topological polar surface area (TPSA) is 69.7 Å². The van der Waals surface area contributed by atoms with E-state index in [2.05, 4.69) is 16.3 Å². The summed E-state index contributed by atoms with van der Waals surface area (Å²) in [6.07, 6.45) is 6.61. The first-order valence-corrected chi connectivity index (χ1v) is 10.2. The average Bonchev–Trinajstić information content (AvgIpc) is 2.63. The SMILES string of the molecule is CN1CCN(S(=O)(=O)c2cccc(NC(=O)C3CC=CCC3)c2)CC1. The smallest absolute Gasteiger partial charge is 0.243 e.